The van der Waals surface area contributed by atoms with Crippen LogP contribution in [0.25, 0.3) is 6.08 Å². The lowest BCUT2D eigenvalue weighted by Crippen LogP contribution is -1.98. The summed E-state index contributed by atoms with van der Waals surface area (Å²) < 4.78 is 0. The maximum Gasteiger partial charge on any atom is 0.152 e. The quantitative estimate of drug-likeness (QED) is 0.707. The normalized spacial score (nSPS) is 11.0. The van der Waals surface area contributed by atoms with Gasteiger partial charge in [-0.25, -0.2) is 9.97 Å². The van der Waals surface area contributed by atoms with Crippen LogP contribution in [0.3, 0.4) is 0 Å². The van der Waals surface area contributed by atoms with Crippen LogP contribution in [0.2, 0.25) is 0 Å². The van der Waals surface area contributed by atoms with E-state index in [1.807, 2.05) is 19.1 Å². The molecule has 70 valence electrons. The van der Waals surface area contributed by atoms with Gasteiger partial charge in [-0.15, -0.1) is 0 Å². The molecule has 0 saturated carbocycles. The molecule has 0 radical (unpaired) electrons. The van der Waals surface area contributed by atoms with E-state index in [1.165, 1.54) is 0 Å². The van der Waals surface area contributed by atoms with Gasteiger partial charge in [-0.3, -0.25) is 0 Å². The summed E-state index contributed by atoms with van der Waals surface area (Å²) in [6, 6.07) is 2.08. The van der Waals surface area contributed by atoms with Crippen molar-refractivity contribution in [2.45, 2.75) is 33.6 Å². The molecule has 1 aromatic heterocycles. The molecule has 1 aromatic rings. The summed E-state index contributed by atoms with van der Waals surface area (Å²) in [5, 5.41) is 0. The molecule has 13 heavy (non-hydrogen) atoms. The number of aromatic nitrogens is 2. The van der Waals surface area contributed by atoms with E-state index in [-0.39, 0.29) is 0 Å². The predicted molar refractivity (Wildman–Crippen MR) is 55.5 cm³/mol. The molecule has 0 N–H and O–H groups in total. The Morgan fingerprint density at radius 1 is 1.15 bits per heavy atom. The highest BCUT2D eigenvalue weighted by molar-refractivity contribution is 5.39. The predicted octanol–water partition coefficient (Wildman–Crippen LogP) is 2.63. The topological polar surface area (TPSA) is 25.8 Å². The zero-order chi connectivity index (χ0) is 9.68. The second-order valence-corrected chi connectivity index (χ2v) is 2.92. The summed E-state index contributed by atoms with van der Waals surface area (Å²) in [6.45, 7) is 6.20. The molecule has 0 aliphatic carbocycles. The van der Waals surface area contributed by atoms with Gasteiger partial charge in [-0.2, -0.15) is 0 Å². The molecule has 0 amide bonds. The van der Waals surface area contributed by atoms with E-state index in [0.29, 0.717) is 0 Å². The Hall–Kier alpha value is -1.18. The molecule has 0 aliphatic heterocycles. The second kappa shape index (κ2) is 4.75. The Morgan fingerprint density at radius 2 is 1.69 bits per heavy atom. The zero-order valence-electron chi connectivity index (χ0n) is 8.54. The van der Waals surface area contributed by atoms with Gasteiger partial charge in [-0.05, 0) is 31.9 Å². The molecule has 0 bridgehead atoms. The van der Waals surface area contributed by atoms with Crippen molar-refractivity contribution in [1.82, 2.24) is 9.97 Å². The van der Waals surface area contributed by atoms with Gasteiger partial charge in [-0.1, -0.05) is 19.9 Å². The Kier molecular flexibility index (Phi) is 3.62. The summed E-state index contributed by atoms with van der Waals surface area (Å²) in [5.74, 6) is 0.832. The number of allylic oxidation sites excluding steroid dienone is 1. The number of hydrogen-bond acceptors (Lipinski definition) is 2. The molecular weight excluding hydrogens is 160 g/mol. The largest absolute Gasteiger partial charge is 0.234 e. The maximum atomic E-state index is 4.39. The number of hydrogen-bond donors (Lipinski definition) is 0. The van der Waals surface area contributed by atoms with Gasteiger partial charge in [0.05, 0.1) is 0 Å². The van der Waals surface area contributed by atoms with Crippen molar-refractivity contribution in [1.29, 1.82) is 0 Å². The Bertz CT molecular complexity index is 281. The van der Waals surface area contributed by atoms with Gasteiger partial charge >= 0.3 is 0 Å². The molecule has 0 unspecified atom stereocenters. The van der Waals surface area contributed by atoms with Crippen LogP contribution in [0.4, 0.5) is 0 Å². The Balaban J connectivity index is 3.07. The van der Waals surface area contributed by atoms with Gasteiger partial charge in [0.25, 0.3) is 0 Å². The van der Waals surface area contributed by atoms with Crippen molar-refractivity contribution in [2.24, 2.45) is 0 Å². The van der Waals surface area contributed by atoms with Crippen LogP contribution in [0.15, 0.2) is 12.1 Å². The molecule has 0 saturated heterocycles. The monoisotopic (exact) mass is 176 g/mol. The SMILES string of the molecule is C/C=C/c1nc(CC)cc(CC)n1. The third-order valence-electron chi connectivity index (χ3n) is 1.89. The first-order chi connectivity index (χ1) is 6.30. The summed E-state index contributed by atoms with van der Waals surface area (Å²) in [4.78, 5) is 8.78. The van der Waals surface area contributed by atoms with Crippen molar-refractivity contribution in [3.63, 3.8) is 0 Å². The standard InChI is InChI=1S/C11H16N2/c1-4-7-11-12-9(5-2)8-10(6-3)13-11/h4,7-8H,5-6H2,1-3H3/b7-4+. The maximum absolute atomic E-state index is 4.39. The third-order valence-corrected chi connectivity index (χ3v) is 1.89. The Labute approximate surface area is 79.7 Å². The summed E-state index contributed by atoms with van der Waals surface area (Å²) in [5.41, 5.74) is 2.25. The fraction of sp³-hybridized carbons (Fsp3) is 0.455. The average Bonchev–Trinajstić information content (AvgIpc) is 2.17. The van der Waals surface area contributed by atoms with E-state index in [0.717, 1.165) is 30.1 Å². The van der Waals surface area contributed by atoms with Gasteiger partial charge in [0.1, 0.15) is 0 Å². The molecule has 1 rings (SSSR count). The fourth-order valence-electron chi connectivity index (χ4n) is 1.16. The lowest BCUT2D eigenvalue weighted by molar-refractivity contribution is 0.924. The molecule has 2 nitrogen and oxygen atoms in total. The Morgan fingerprint density at radius 3 is 2.08 bits per heavy atom. The van der Waals surface area contributed by atoms with Crippen LogP contribution in [-0.4, -0.2) is 9.97 Å². The lowest BCUT2D eigenvalue weighted by atomic mass is 10.2. The van der Waals surface area contributed by atoms with E-state index in [9.17, 15) is 0 Å². The average molecular weight is 176 g/mol. The van der Waals surface area contributed by atoms with E-state index >= 15 is 0 Å². The fourth-order valence-corrected chi connectivity index (χ4v) is 1.16. The molecular formula is C11H16N2. The number of aryl methyl sites for hydroxylation is 2. The molecule has 0 atom stereocenters. The molecule has 0 aliphatic rings. The van der Waals surface area contributed by atoms with Crippen LogP contribution in [0.5, 0.6) is 0 Å². The van der Waals surface area contributed by atoms with Crippen molar-refractivity contribution in [3.05, 3.63) is 29.4 Å². The van der Waals surface area contributed by atoms with E-state index < -0.39 is 0 Å². The van der Waals surface area contributed by atoms with E-state index in [2.05, 4.69) is 29.9 Å². The zero-order valence-corrected chi connectivity index (χ0v) is 8.54. The summed E-state index contributed by atoms with van der Waals surface area (Å²) in [7, 11) is 0. The van der Waals surface area contributed by atoms with Crippen LogP contribution in [0.1, 0.15) is 38.0 Å². The van der Waals surface area contributed by atoms with Crippen LogP contribution in [-0.2, 0) is 12.8 Å². The summed E-state index contributed by atoms with van der Waals surface area (Å²) in [6.07, 6.45) is 5.85. The first kappa shape index (κ1) is 9.90. The third kappa shape index (κ3) is 2.65. The molecule has 0 spiro atoms. The van der Waals surface area contributed by atoms with E-state index in [4.69, 9.17) is 0 Å². The summed E-state index contributed by atoms with van der Waals surface area (Å²) >= 11 is 0. The highest BCUT2D eigenvalue weighted by Crippen LogP contribution is 2.04. The first-order valence-electron chi connectivity index (χ1n) is 4.79. The smallest absolute Gasteiger partial charge is 0.152 e. The highest BCUT2D eigenvalue weighted by atomic mass is 14.9. The van der Waals surface area contributed by atoms with Gasteiger partial charge in [0, 0.05) is 11.4 Å². The minimum atomic E-state index is 0.832. The number of nitrogens with zero attached hydrogens (tertiary/aromatic N) is 2. The molecule has 0 fully saturated rings. The molecule has 1 heterocycles. The second-order valence-electron chi connectivity index (χ2n) is 2.92. The molecule has 2 heteroatoms. The van der Waals surface area contributed by atoms with Crippen molar-refractivity contribution in [3.8, 4) is 0 Å². The minimum absolute atomic E-state index is 0.832. The lowest BCUT2D eigenvalue weighted by Gasteiger charge is -2.01. The van der Waals surface area contributed by atoms with Crippen molar-refractivity contribution >= 4 is 6.08 Å². The van der Waals surface area contributed by atoms with Crippen LogP contribution in [0, 0.1) is 0 Å². The number of rotatable bonds is 3. The molecule has 0 aromatic carbocycles. The van der Waals surface area contributed by atoms with Crippen LogP contribution < -0.4 is 0 Å². The van der Waals surface area contributed by atoms with Gasteiger partial charge in [0.2, 0.25) is 0 Å². The van der Waals surface area contributed by atoms with Crippen molar-refractivity contribution in [2.75, 3.05) is 0 Å². The van der Waals surface area contributed by atoms with Gasteiger partial charge < -0.3 is 0 Å². The van der Waals surface area contributed by atoms with Gasteiger partial charge in [0.15, 0.2) is 5.82 Å². The minimum Gasteiger partial charge on any atom is -0.234 e. The van der Waals surface area contributed by atoms with Crippen molar-refractivity contribution < 1.29 is 0 Å². The van der Waals surface area contributed by atoms with Crippen LogP contribution >= 0.6 is 0 Å². The first-order valence-corrected chi connectivity index (χ1v) is 4.79. The highest BCUT2D eigenvalue weighted by Gasteiger charge is 1.98. The van der Waals surface area contributed by atoms with E-state index in [1.54, 1.807) is 0 Å².